The van der Waals surface area contributed by atoms with Gasteiger partial charge in [0.05, 0.1) is 12.2 Å². The molecule has 1 aromatic heterocycles. The van der Waals surface area contributed by atoms with Crippen LogP contribution in [0.15, 0.2) is 0 Å². The van der Waals surface area contributed by atoms with Crippen LogP contribution in [0.2, 0.25) is 0 Å². The first-order chi connectivity index (χ1) is 9.12. The summed E-state index contributed by atoms with van der Waals surface area (Å²) in [6, 6.07) is -0.934. The van der Waals surface area contributed by atoms with Crippen LogP contribution in [0.1, 0.15) is 43.4 Å². The zero-order chi connectivity index (χ0) is 15.5. The van der Waals surface area contributed by atoms with Gasteiger partial charge in [-0.1, -0.05) is 26.0 Å². The molecule has 0 radical (unpaired) electrons. The molecule has 0 aromatic carbocycles. The van der Waals surface area contributed by atoms with E-state index in [1.807, 2.05) is 26.1 Å². The van der Waals surface area contributed by atoms with Gasteiger partial charge in [-0.15, -0.1) is 5.10 Å². The van der Waals surface area contributed by atoms with Crippen LogP contribution in [0, 0.1) is 0 Å². The summed E-state index contributed by atoms with van der Waals surface area (Å²) in [5.41, 5.74) is 4.59. The van der Waals surface area contributed by atoms with Gasteiger partial charge in [0.15, 0.2) is 5.69 Å². The number of amides is 3. The highest BCUT2D eigenvalue weighted by Gasteiger charge is 2.29. The second-order valence-electron chi connectivity index (χ2n) is 5.23. The Balaban J connectivity index is 2.94. The molecule has 20 heavy (non-hydrogen) atoms. The fraction of sp³-hybridized carbons (Fsp3) is 0.545. The van der Waals surface area contributed by atoms with Crippen LogP contribution in [-0.4, -0.2) is 38.0 Å². The number of carboxylic acid groups (broad SMARTS) is 1. The first-order valence-electron chi connectivity index (χ1n) is 5.89. The van der Waals surface area contributed by atoms with Gasteiger partial charge < -0.3 is 10.8 Å². The minimum Gasteiger partial charge on any atom is -0.476 e. The van der Waals surface area contributed by atoms with Crippen molar-refractivity contribution in [3.8, 4) is 0 Å². The molecule has 4 N–H and O–H groups in total. The van der Waals surface area contributed by atoms with Gasteiger partial charge in [0.25, 0.3) is 0 Å². The van der Waals surface area contributed by atoms with E-state index in [0.717, 1.165) is 0 Å². The lowest BCUT2D eigenvalue weighted by Gasteiger charge is -2.20. The molecule has 0 saturated heterocycles. The van der Waals surface area contributed by atoms with Gasteiger partial charge >= 0.3 is 12.0 Å². The maximum absolute atomic E-state index is 11.3. The van der Waals surface area contributed by atoms with Gasteiger partial charge in [-0.05, 0) is 0 Å². The Morgan fingerprint density at radius 1 is 1.35 bits per heavy atom. The number of carboxylic acids is 1. The highest BCUT2D eigenvalue weighted by Crippen LogP contribution is 2.24. The first kappa shape index (κ1) is 15.6. The molecule has 0 bridgehead atoms. The van der Waals surface area contributed by atoms with Crippen molar-refractivity contribution in [2.24, 2.45) is 5.73 Å². The van der Waals surface area contributed by atoms with Gasteiger partial charge in [-0.2, -0.15) is 0 Å². The summed E-state index contributed by atoms with van der Waals surface area (Å²) in [6.07, 6.45) is -0.0611. The number of primary amides is 1. The third kappa shape index (κ3) is 3.77. The summed E-state index contributed by atoms with van der Waals surface area (Å²) < 4.78 is 1.35. The molecule has 0 fully saturated rings. The summed E-state index contributed by atoms with van der Waals surface area (Å²) in [5.74, 6) is -1.74. The van der Waals surface area contributed by atoms with Crippen molar-refractivity contribution >= 4 is 17.9 Å². The third-order valence-electron chi connectivity index (χ3n) is 2.46. The Labute approximate surface area is 115 Å². The average molecular weight is 283 g/mol. The van der Waals surface area contributed by atoms with E-state index < -0.39 is 23.3 Å². The largest absolute Gasteiger partial charge is 0.476 e. The fourth-order valence-electron chi connectivity index (χ4n) is 1.76. The highest BCUT2D eigenvalue weighted by molar-refractivity contribution is 5.93. The average Bonchev–Trinajstić information content (AvgIpc) is 2.68. The van der Waals surface area contributed by atoms with Crippen LogP contribution in [0.4, 0.5) is 4.79 Å². The molecule has 1 heterocycles. The van der Waals surface area contributed by atoms with E-state index in [1.165, 1.54) is 4.68 Å². The lowest BCUT2D eigenvalue weighted by molar-refractivity contribution is -0.120. The molecule has 0 aliphatic rings. The molecule has 3 amide bonds. The quantitative estimate of drug-likeness (QED) is 0.702. The number of carbonyl (C=O) groups is 3. The zero-order valence-corrected chi connectivity index (χ0v) is 11.5. The van der Waals surface area contributed by atoms with Crippen molar-refractivity contribution in [3.05, 3.63) is 11.4 Å². The molecule has 0 spiro atoms. The van der Waals surface area contributed by atoms with Gasteiger partial charge in [0.1, 0.15) is 0 Å². The van der Waals surface area contributed by atoms with Crippen LogP contribution >= 0.6 is 0 Å². The lowest BCUT2D eigenvalue weighted by Crippen LogP contribution is -2.35. The SMILES string of the molecule is CC(C)(C)c1c(C(=O)O)nnn1CCC(=O)NC(N)=O. The Hall–Kier alpha value is -2.45. The maximum atomic E-state index is 11.3. The molecule has 1 rings (SSSR count). The zero-order valence-electron chi connectivity index (χ0n) is 11.5. The van der Waals surface area contributed by atoms with Crippen LogP contribution in [0.25, 0.3) is 0 Å². The van der Waals surface area contributed by atoms with Gasteiger partial charge in [0, 0.05) is 11.8 Å². The smallest absolute Gasteiger partial charge is 0.358 e. The molecule has 9 heteroatoms. The Morgan fingerprint density at radius 2 is 1.95 bits per heavy atom. The molecule has 0 atom stereocenters. The van der Waals surface area contributed by atoms with Crippen molar-refractivity contribution in [1.29, 1.82) is 0 Å². The van der Waals surface area contributed by atoms with Crippen LogP contribution in [-0.2, 0) is 16.8 Å². The van der Waals surface area contributed by atoms with Crippen LogP contribution < -0.4 is 11.1 Å². The van der Waals surface area contributed by atoms with E-state index in [0.29, 0.717) is 5.69 Å². The summed E-state index contributed by atoms with van der Waals surface area (Å²) in [6.45, 7) is 5.56. The summed E-state index contributed by atoms with van der Waals surface area (Å²) in [4.78, 5) is 33.0. The fourth-order valence-corrected chi connectivity index (χ4v) is 1.76. The number of rotatable bonds is 4. The van der Waals surface area contributed by atoms with E-state index in [4.69, 9.17) is 10.8 Å². The number of carbonyl (C=O) groups excluding carboxylic acids is 2. The first-order valence-corrected chi connectivity index (χ1v) is 5.89. The number of imide groups is 1. The number of hydrogen-bond acceptors (Lipinski definition) is 5. The molecule has 0 unspecified atom stereocenters. The molecule has 0 aliphatic carbocycles. The molecule has 9 nitrogen and oxygen atoms in total. The van der Waals surface area contributed by atoms with Crippen molar-refractivity contribution < 1.29 is 19.5 Å². The summed E-state index contributed by atoms with van der Waals surface area (Å²) in [5, 5.41) is 18.4. The second-order valence-corrected chi connectivity index (χ2v) is 5.23. The predicted octanol–water partition coefficient (Wildman–Crippen LogP) is -0.141. The molecular formula is C11H17N5O4. The number of nitrogens with zero attached hydrogens (tertiary/aromatic N) is 3. The number of aryl methyl sites for hydroxylation is 1. The maximum Gasteiger partial charge on any atom is 0.358 e. The monoisotopic (exact) mass is 283 g/mol. The van der Waals surface area contributed by atoms with Gasteiger partial charge in [-0.3, -0.25) is 10.1 Å². The number of aromatic nitrogens is 3. The van der Waals surface area contributed by atoms with Crippen molar-refractivity contribution in [3.63, 3.8) is 0 Å². The third-order valence-corrected chi connectivity index (χ3v) is 2.46. The van der Waals surface area contributed by atoms with Gasteiger partial charge in [-0.25, -0.2) is 14.3 Å². The lowest BCUT2D eigenvalue weighted by atomic mass is 9.90. The molecular weight excluding hydrogens is 266 g/mol. The predicted molar refractivity (Wildman–Crippen MR) is 68.0 cm³/mol. The van der Waals surface area contributed by atoms with Crippen molar-refractivity contribution in [2.45, 2.75) is 39.2 Å². The number of nitrogens with two attached hydrogens (primary N) is 1. The molecule has 1 aromatic rings. The molecule has 0 saturated carbocycles. The van der Waals surface area contributed by atoms with E-state index in [9.17, 15) is 14.4 Å². The van der Waals surface area contributed by atoms with Crippen LogP contribution in [0.5, 0.6) is 0 Å². The molecule has 0 aliphatic heterocycles. The van der Waals surface area contributed by atoms with Crippen molar-refractivity contribution in [2.75, 3.05) is 0 Å². The number of nitrogens with one attached hydrogen (secondary N) is 1. The standard InChI is InChI=1S/C11H17N5O4/c1-11(2,3)8-7(9(18)19)14-15-16(8)5-4-6(17)13-10(12)20/h4-5H2,1-3H3,(H,18,19)(H3,12,13,17,20). The van der Waals surface area contributed by atoms with Crippen molar-refractivity contribution in [1.82, 2.24) is 20.3 Å². The second kappa shape index (κ2) is 5.68. The van der Waals surface area contributed by atoms with Crippen LogP contribution in [0.3, 0.4) is 0 Å². The minimum absolute atomic E-state index is 0.0611. The Morgan fingerprint density at radius 3 is 2.40 bits per heavy atom. The Bertz CT molecular complexity index is 543. The van der Waals surface area contributed by atoms with E-state index in [2.05, 4.69) is 10.3 Å². The number of hydrogen-bond donors (Lipinski definition) is 3. The number of aromatic carboxylic acids is 1. The van der Waals surface area contributed by atoms with E-state index in [-0.39, 0.29) is 18.7 Å². The topological polar surface area (TPSA) is 140 Å². The molecule has 110 valence electrons. The van der Waals surface area contributed by atoms with E-state index in [1.54, 1.807) is 0 Å². The highest BCUT2D eigenvalue weighted by atomic mass is 16.4. The minimum atomic E-state index is -1.18. The van der Waals surface area contributed by atoms with Gasteiger partial charge in [0.2, 0.25) is 5.91 Å². The summed E-state index contributed by atoms with van der Waals surface area (Å²) in [7, 11) is 0. The summed E-state index contributed by atoms with van der Waals surface area (Å²) >= 11 is 0. The normalized spacial score (nSPS) is 11.2. The van der Waals surface area contributed by atoms with E-state index >= 15 is 0 Å². The number of urea groups is 1. The Kier molecular flexibility index (Phi) is 4.43.